The van der Waals surface area contributed by atoms with Crippen LogP contribution in [0.3, 0.4) is 0 Å². The number of amidine groups is 1. The van der Waals surface area contributed by atoms with E-state index in [0.29, 0.717) is 11.5 Å². The molecule has 0 aliphatic carbocycles. The third-order valence-electron chi connectivity index (χ3n) is 3.43. The Hall–Kier alpha value is -2.44. The van der Waals surface area contributed by atoms with Crippen LogP contribution in [0.2, 0.25) is 0 Å². The molecule has 1 amide bonds. The highest BCUT2D eigenvalue weighted by atomic mass is 16.6. The maximum Gasteiger partial charge on any atom is 0.267 e. The Morgan fingerprint density at radius 1 is 1.52 bits per heavy atom. The lowest BCUT2D eigenvalue weighted by Gasteiger charge is -2.31. The quantitative estimate of drug-likeness (QED) is 0.370. The first-order valence-corrected chi connectivity index (χ1v) is 6.64. The average Bonchev–Trinajstić information content (AvgIpc) is 2.52. The van der Waals surface area contributed by atoms with Crippen LogP contribution in [0.1, 0.15) is 13.3 Å². The van der Waals surface area contributed by atoms with Crippen LogP contribution in [0.5, 0.6) is 11.5 Å². The van der Waals surface area contributed by atoms with Gasteiger partial charge in [0.05, 0.1) is 0 Å². The molecule has 7 nitrogen and oxygen atoms in total. The summed E-state index contributed by atoms with van der Waals surface area (Å²) in [7, 11) is 1.65. The Morgan fingerprint density at radius 3 is 2.86 bits per heavy atom. The molecule has 0 saturated carbocycles. The van der Waals surface area contributed by atoms with Gasteiger partial charge in [-0.25, -0.2) is 0 Å². The molecule has 2 atom stereocenters. The molecule has 114 valence electrons. The predicted octanol–water partition coefficient (Wildman–Crippen LogP) is 0.810. The van der Waals surface area contributed by atoms with Crippen molar-refractivity contribution in [1.29, 1.82) is 0 Å². The molecule has 0 saturated heterocycles. The zero-order chi connectivity index (χ0) is 15.4. The van der Waals surface area contributed by atoms with Crippen molar-refractivity contribution >= 4 is 11.7 Å². The minimum absolute atomic E-state index is 0.0771. The second kappa shape index (κ2) is 6.34. The van der Waals surface area contributed by atoms with Crippen LogP contribution in [-0.2, 0) is 4.79 Å². The highest BCUT2D eigenvalue weighted by molar-refractivity contribution is 5.84. The van der Waals surface area contributed by atoms with E-state index in [4.69, 9.17) is 20.4 Å². The van der Waals surface area contributed by atoms with Crippen molar-refractivity contribution in [2.24, 2.45) is 10.9 Å². The van der Waals surface area contributed by atoms with E-state index in [-0.39, 0.29) is 30.8 Å². The highest BCUT2D eigenvalue weighted by Gasteiger charge is 2.31. The average molecular weight is 293 g/mol. The van der Waals surface area contributed by atoms with Crippen molar-refractivity contribution in [3.63, 3.8) is 0 Å². The molecule has 1 aromatic carbocycles. The molecule has 1 aliphatic rings. The summed E-state index contributed by atoms with van der Waals surface area (Å²) in [4.78, 5) is 13.9. The fraction of sp³-hybridized carbons (Fsp3) is 0.429. The fourth-order valence-electron chi connectivity index (χ4n) is 2.07. The van der Waals surface area contributed by atoms with Gasteiger partial charge in [-0.3, -0.25) is 4.79 Å². The van der Waals surface area contributed by atoms with Crippen molar-refractivity contribution in [2.45, 2.75) is 25.5 Å². The maximum absolute atomic E-state index is 12.4. The number of oxime groups is 1. The summed E-state index contributed by atoms with van der Waals surface area (Å²) in [6, 6.07) is 7.00. The summed E-state index contributed by atoms with van der Waals surface area (Å²) >= 11 is 0. The molecule has 1 aliphatic heterocycles. The number of benzene rings is 1. The Kier molecular flexibility index (Phi) is 4.52. The monoisotopic (exact) mass is 293 g/mol. The van der Waals surface area contributed by atoms with E-state index < -0.39 is 6.10 Å². The van der Waals surface area contributed by atoms with Gasteiger partial charge < -0.3 is 25.3 Å². The Morgan fingerprint density at radius 2 is 2.19 bits per heavy atom. The molecular weight excluding hydrogens is 274 g/mol. The molecule has 1 heterocycles. The summed E-state index contributed by atoms with van der Waals surface area (Å²) in [5.41, 5.74) is 5.46. The minimum Gasteiger partial charge on any atom is -0.485 e. The van der Waals surface area contributed by atoms with Gasteiger partial charge in [0.25, 0.3) is 5.91 Å². The van der Waals surface area contributed by atoms with E-state index in [1.165, 1.54) is 4.90 Å². The molecule has 0 fully saturated rings. The number of hydrogen-bond donors (Lipinski definition) is 2. The summed E-state index contributed by atoms with van der Waals surface area (Å²) in [6.07, 6.45) is -0.414. The summed E-state index contributed by atoms with van der Waals surface area (Å²) in [6.45, 7) is 1.98. The Bertz CT molecular complexity index is 547. The standard InChI is InChI=1S/C14H19N3O4/c1-9(7-13(15)16-19)17(2)14(18)12-8-20-10-5-3-4-6-11(10)21-12/h3-6,9,12,19H,7-8H2,1-2H3,(H2,15,16). The number of carbonyl (C=O) groups is 1. The van der Waals surface area contributed by atoms with Gasteiger partial charge >= 0.3 is 0 Å². The van der Waals surface area contributed by atoms with Crippen LogP contribution in [0.25, 0.3) is 0 Å². The lowest BCUT2D eigenvalue weighted by Crippen LogP contribution is -2.48. The van der Waals surface area contributed by atoms with Crippen LogP contribution in [0, 0.1) is 0 Å². The molecule has 0 radical (unpaired) electrons. The molecule has 7 heteroatoms. The van der Waals surface area contributed by atoms with Crippen molar-refractivity contribution < 1.29 is 19.5 Å². The molecule has 0 bridgehead atoms. The predicted molar refractivity (Wildman–Crippen MR) is 76.6 cm³/mol. The molecule has 2 unspecified atom stereocenters. The third kappa shape index (κ3) is 3.36. The molecule has 1 aromatic rings. The van der Waals surface area contributed by atoms with Gasteiger partial charge in [-0.15, -0.1) is 0 Å². The number of hydrogen-bond acceptors (Lipinski definition) is 5. The van der Waals surface area contributed by atoms with Crippen LogP contribution in [-0.4, -0.2) is 47.7 Å². The van der Waals surface area contributed by atoms with Crippen LogP contribution in [0.4, 0.5) is 0 Å². The zero-order valence-electron chi connectivity index (χ0n) is 12.0. The van der Waals surface area contributed by atoms with E-state index in [9.17, 15) is 4.79 Å². The van der Waals surface area contributed by atoms with E-state index in [2.05, 4.69) is 5.16 Å². The number of amides is 1. The lowest BCUT2D eigenvalue weighted by molar-refractivity contribution is -0.141. The number of ether oxygens (including phenoxy) is 2. The van der Waals surface area contributed by atoms with E-state index in [1.807, 2.05) is 19.1 Å². The summed E-state index contributed by atoms with van der Waals surface area (Å²) in [5, 5.41) is 11.5. The molecule has 0 spiro atoms. The first-order valence-electron chi connectivity index (χ1n) is 6.64. The van der Waals surface area contributed by atoms with Crippen LogP contribution >= 0.6 is 0 Å². The minimum atomic E-state index is -0.695. The van der Waals surface area contributed by atoms with Crippen LogP contribution < -0.4 is 15.2 Å². The highest BCUT2D eigenvalue weighted by Crippen LogP contribution is 2.31. The molecule has 2 rings (SSSR count). The largest absolute Gasteiger partial charge is 0.485 e. The number of carbonyl (C=O) groups excluding carboxylic acids is 1. The molecule has 3 N–H and O–H groups in total. The topological polar surface area (TPSA) is 97.4 Å². The maximum atomic E-state index is 12.4. The first kappa shape index (κ1) is 15.0. The van der Waals surface area contributed by atoms with Crippen molar-refractivity contribution in [3.8, 4) is 11.5 Å². The van der Waals surface area contributed by atoms with Gasteiger partial charge in [0.15, 0.2) is 11.5 Å². The molecule has 0 aromatic heterocycles. The van der Waals surface area contributed by atoms with Gasteiger partial charge in [0, 0.05) is 19.5 Å². The van der Waals surface area contributed by atoms with Crippen molar-refractivity contribution in [1.82, 2.24) is 4.90 Å². The zero-order valence-corrected chi connectivity index (χ0v) is 12.0. The van der Waals surface area contributed by atoms with Gasteiger partial charge in [0.1, 0.15) is 12.4 Å². The van der Waals surface area contributed by atoms with Gasteiger partial charge in [-0.2, -0.15) is 0 Å². The number of para-hydroxylation sites is 2. The lowest BCUT2D eigenvalue weighted by atomic mass is 10.1. The number of fused-ring (bicyclic) bond motifs is 1. The van der Waals surface area contributed by atoms with Crippen LogP contribution in [0.15, 0.2) is 29.4 Å². The van der Waals surface area contributed by atoms with E-state index in [1.54, 1.807) is 19.2 Å². The second-order valence-corrected chi connectivity index (χ2v) is 4.96. The number of rotatable bonds is 4. The normalized spacial score (nSPS) is 19.0. The van der Waals surface area contributed by atoms with E-state index in [0.717, 1.165) is 0 Å². The molecule has 21 heavy (non-hydrogen) atoms. The van der Waals surface area contributed by atoms with Crippen molar-refractivity contribution in [2.75, 3.05) is 13.7 Å². The third-order valence-corrected chi connectivity index (χ3v) is 3.43. The Labute approximate surface area is 122 Å². The number of likely N-dealkylation sites (N-methyl/N-ethyl adjacent to an activating group) is 1. The second-order valence-electron chi connectivity index (χ2n) is 4.96. The summed E-state index contributed by atoms with van der Waals surface area (Å²) in [5.74, 6) is 1.06. The Balaban J connectivity index is 2.01. The number of nitrogens with zero attached hydrogens (tertiary/aromatic N) is 2. The van der Waals surface area contributed by atoms with E-state index >= 15 is 0 Å². The van der Waals surface area contributed by atoms with Gasteiger partial charge in [0.2, 0.25) is 6.10 Å². The smallest absolute Gasteiger partial charge is 0.267 e. The van der Waals surface area contributed by atoms with Gasteiger partial charge in [-0.05, 0) is 19.1 Å². The van der Waals surface area contributed by atoms with Crippen molar-refractivity contribution in [3.05, 3.63) is 24.3 Å². The first-order chi connectivity index (χ1) is 10.0. The number of nitrogens with two attached hydrogens (primary N) is 1. The SMILES string of the molecule is CC(CC(N)=NO)N(C)C(=O)C1COc2ccccc2O1. The molecular formula is C14H19N3O4. The summed E-state index contributed by atoms with van der Waals surface area (Å²) < 4.78 is 11.2. The fourth-order valence-corrected chi connectivity index (χ4v) is 2.07. The van der Waals surface area contributed by atoms with Gasteiger partial charge in [-0.1, -0.05) is 17.3 Å².